The Kier molecular flexibility index (Phi) is 3.79. The Morgan fingerprint density at radius 3 is 2.85 bits per heavy atom. The lowest BCUT2D eigenvalue weighted by Gasteiger charge is -2.16. The van der Waals surface area contributed by atoms with Crippen molar-refractivity contribution in [1.82, 2.24) is 14.9 Å². The number of halogens is 1. The predicted octanol–water partition coefficient (Wildman–Crippen LogP) is 1.52. The quantitative estimate of drug-likeness (QED) is 0.887. The van der Waals surface area contributed by atoms with Gasteiger partial charge in [-0.2, -0.15) is 0 Å². The monoisotopic (exact) mass is 277 g/mol. The average molecular weight is 277 g/mol. The fourth-order valence-electron chi connectivity index (χ4n) is 1.78. The van der Waals surface area contributed by atoms with Gasteiger partial charge in [0.15, 0.2) is 11.4 Å². The molecule has 6 nitrogen and oxygen atoms in total. The third-order valence-electron chi connectivity index (χ3n) is 2.71. The first-order valence-corrected chi connectivity index (χ1v) is 5.75. The number of imidazole rings is 1. The molecule has 2 rings (SSSR count). The summed E-state index contributed by atoms with van der Waals surface area (Å²) in [6, 6.07) is 5.84. The number of nitrogens with one attached hydrogen (secondary N) is 1. The molecule has 104 valence electrons. The van der Waals surface area contributed by atoms with Gasteiger partial charge in [0, 0.05) is 13.6 Å². The summed E-state index contributed by atoms with van der Waals surface area (Å²) in [5.41, 5.74) is 0.172. The highest BCUT2D eigenvalue weighted by atomic mass is 19.1. The largest absolute Gasteiger partial charge is 0.477 e. The molecule has 0 radical (unpaired) electrons. The van der Waals surface area contributed by atoms with Crippen molar-refractivity contribution in [3.63, 3.8) is 0 Å². The fourth-order valence-corrected chi connectivity index (χ4v) is 1.78. The van der Waals surface area contributed by atoms with Gasteiger partial charge in [-0.1, -0.05) is 12.1 Å². The first-order chi connectivity index (χ1) is 9.49. The number of hydrogen-bond donors (Lipinski definition) is 2. The number of nitrogens with zero attached hydrogens (tertiary/aromatic N) is 2. The molecule has 0 bridgehead atoms. The van der Waals surface area contributed by atoms with Crippen molar-refractivity contribution in [2.75, 3.05) is 7.05 Å². The number of carbonyl (C=O) groups is 2. The summed E-state index contributed by atoms with van der Waals surface area (Å²) in [5, 5.41) is 8.92. The highest BCUT2D eigenvalue weighted by Gasteiger charge is 2.22. The number of aromatic carboxylic acids is 1. The molecule has 2 N–H and O–H groups in total. The van der Waals surface area contributed by atoms with Crippen molar-refractivity contribution in [2.45, 2.75) is 6.54 Å². The van der Waals surface area contributed by atoms with Crippen molar-refractivity contribution in [1.29, 1.82) is 0 Å². The van der Waals surface area contributed by atoms with Crippen molar-refractivity contribution >= 4 is 11.9 Å². The molecule has 0 aliphatic carbocycles. The van der Waals surface area contributed by atoms with E-state index >= 15 is 0 Å². The van der Waals surface area contributed by atoms with E-state index in [4.69, 9.17) is 5.11 Å². The van der Waals surface area contributed by atoms with Crippen LogP contribution in [0.4, 0.5) is 4.39 Å². The van der Waals surface area contributed by atoms with E-state index in [1.54, 1.807) is 12.1 Å². The molecule has 1 aromatic carbocycles. The molecule has 1 amide bonds. The summed E-state index contributed by atoms with van der Waals surface area (Å²) in [7, 11) is 1.49. The zero-order chi connectivity index (χ0) is 14.7. The smallest absolute Gasteiger partial charge is 0.354 e. The van der Waals surface area contributed by atoms with Gasteiger partial charge >= 0.3 is 5.97 Å². The number of H-pyrrole nitrogens is 1. The van der Waals surface area contributed by atoms with Crippen LogP contribution in [-0.4, -0.2) is 38.9 Å². The van der Waals surface area contributed by atoms with Gasteiger partial charge in [-0.25, -0.2) is 14.2 Å². The average Bonchev–Trinajstić information content (AvgIpc) is 2.87. The van der Waals surface area contributed by atoms with Gasteiger partial charge in [-0.3, -0.25) is 4.79 Å². The van der Waals surface area contributed by atoms with Gasteiger partial charge in [0.25, 0.3) is 5.91 Å². The third-order valence-corrected chi connectivity index (χ3v) is 2.71. The van der Waals surface area contributed by atoms with Crippen molar-refractivity contribution in [2.24, 2.45) is 0 Å². The van der Waals surface area contributed by atoms with Crippen LogP contribution in [0.25, 0.3) is 0 Å². The number of hydrogen-bond acceptors (Lipinski definition) is 3. The van der Waals surface area contributed by atoms with Crippen LogP contribution in [-0.2, 0) is 6.54 Å². The Hall–Kier alpha value is -2.70. The van der Waals surface area contributed by atoms with E-state index in [9.17, 15) is 14.0 Å². The number of aromatic amines is 1. The third kappa shape index (κ3) is 2.82. The van der Waals surface area contributed by atoms with Crippen LogP contribution in [0, 0.1) is 5.82 Å². The van der Waals surface area contributed by atoms with Crippen LogP contribution in [0.15, 0.2) is 30.6 Å². The Labute approximate surface area is 113 Å². The molecule has 0 spiro atoms. The maximum Gasteiger partial charge on any atom is 0.354 e. The van der Waals surface area contributed by atoms with Gasteiger partial charge in [-0.15, -0.1) is 0 Å². The molecular weight excluding hydrogens is 265 g/mol. The fraction of sp³-hybridized carbons (Fsp3) is 0.154. The normalized spacial score (nSPS) is 10.3. The minimum absolute atomic E-state index is 0.155. The maximum atomic E-state index is 13.1. The zero-order valence-electron chi connectivity index (χ0n) is 10.6. The first-order valence-electron chi connectivity index (χ1n) is 5.75. The Balaban J connectivity index is 2.16. The van der Waals surface area contributed by atoms with E-state index in [1.165, 1.54) is 24.1 Å². The lowest BCUT2D eigenvalue weighted by molar-refractivity contribution is 0.0674. The molecule has 1 aromatic heterocycles. The Morgan fingerprint density at radius 1 is 1.45 bits per heavy atom. The zero-order valence-corrected chi connectivity index (χ0v) is 10.6. The van der Waals surface area contributed by atoms with Gasteiger partial charge in [-0.05, 0) is 17.7 Å². The predicted molar refractivity (Wildman–Crippen MR) is 67.7 cm³/mol. The van der Waals surface area contributed by atoms with Crippen molar-refractivity contribution in [3.05, 3.63) is 53.4 Å². The summed E-state index contributed by atoms with van der Waals surface area (Å²) >= 11 is 0. The number of rotatable bonds is 4. The second-order valence-corrected chi connectivity index (χ2v) is 4.22. The first kappa shape index (κ1) is 13.7. The number of benzene rings is 1. The molecule has 0 saturated heterocycles. The van der Waals surface area contributed by atoms with E-state index in [2.05, 4.69) is 9.97 Å². The number of carbonyl (C=O) groups excluding carboxylic acids is 1. The molecular formula is C13H12FN3O3. The molecule has 0 aliphatic rings. The summed E-state index contributed by atoms with van der Waals surface area (Å²) in [6.45, 7) is 0.155. The number of amides is 1. The van der Waals surface area contributed by atoms with Crippen molar-refractivity contribution < 1.29 is 19.1 Å². The maximum absolute atomic E-state index is 13.1. The van der Waals surface area contributed by atoms with Gasteiger partial charge in [0.2, 0.25) is 0 Å². The van der Waals surface area contributed by atoms with E-state index in [0.717, 1.165) is 6.33 Å². The van der Waals surface area contributed by atoms with Crippen LogP contribution in [0.1, 0.15) is 26.5 Å². The molecule has 2 aromatic rings. The highest BCUT2D eigenvalue weighted by Crippen LogP contribution is 2.11. The molecule has 0 aliphatic heterocycles. The Bertz CT molecular complexity index is 654. The molecule has 20 heavy (non-hydrogen) atoms. The lowest BCUT2D eigenvalue weighted by atomic mass is 10.2. The van der Waals surface area contributed by atoms with Crippen LogP contribution in [0.3, 0.4) is 0 Å². The summed E-state index contributed by atoms with van der Waals surface area (Å²) in [5.74, 6) is -2.20. The van der Waals surface area contributed by atoms with E-state index < -0.39 is 17.7 Å². The summed E-state index contributed by atoms with van der Waals surface area (Å²) in [6.07, 6.45) is 1.15. The van der Waals surface area contributed by atoms with Crippen LogP contribution in [0.5, 0.6) is 0 Å². The summed E-state index contributed by atoms with van der Waals surface area (Å²) in [4.78, 5) is 30.4. The van der Waals surface area contributed by atoms with Crippen LogP contribution < -0.4 is 0 Å². The molecule has 1 heterocycles. The second kappa shape index (κ2) is 5.52. The van der Waals surface area contributed by atoms with Crippen LogP contribution >= 0.6 is 0 Å². The number of carboxylic acid groups (broad SMARTS) is 1. The number of aromatic nitrogens is 2. The second-order valence-electron chi connectivity index (χ2n) is 4.22. The van der Waals surface area contributed by atoms with E-state index in [0.29, 0.717) is 5.56 Å². The van der Waals surface area contributed by atoms with E-state index in [-0.39, 0.29) is 17.9 Å². The molecule has 0 saturated carbocycles. The molecule has 7 heteroatoms. The van der Waals surface area contributed by atoms with Gasteiger partial charge in [0.05, 0.1) is 6.33 Å². The van der Waals surface area contributed by atoms with E-state index in [1.807, 2.05) is 0 Å². The standard InChI is InChI=1S/C13H12FN3O3/c1-17(6-8-3-2-4-9(14)5-8)12(18)10-11(13(19)20)16-7-15-10/h2-5,7H,6H2,1H3,(H,15,16)(H,19,20). The number of carboxylic acids is 1. The SMILES string of the molecule is CN(Cc1cccc(F)c1)C(=O)c1nc[nH]c1C(=O)O. The Morgan fingerprint density at radius 2 is 2.20 bits per heavy atom. The molecule has 0 fully saturated rings. The van der Waals surface area contributed by atoms with Gasteiger partial charge < -0.3 is 15.0 Å². The van der Waals surface area contributed by atoms with Crippen molar-refractivity contribution in [3.8, 4) is 0 Å². The van der Waals surface area contributed by atoms with Crippen LogP contribution in [0.2, 0.25) is 0 Å². The minimum Gasteiger partial charge on any atom is -0.477 e. The van der Waals surface area contributed by atoms with Gasteiger partial charge in [0.1, 0.15) is 5.82 Å². The molecule has 0 unspecified atom stereocenters. The minimum atomic E-state index is -1.26. The lowest BCUT2D eigenvalue weighted by Crippen LogP contribution is -2.28. The highest BCUT2D eigenvalue weighted by molar-refractivity contribution is 6.02. The summed E-state index contributed by atoms with van der Waals surface area (Å²) < 4.78 is 13.1. The topological polar surface area (TPSA) is 86.3 Å². The molecule has 0 atom stereocenters.